The van der Waals surface area contributed by atoms with Gasteiger partial charge in [-0.1, -0.05) is 41.4 Å². The molecule has 3 atom stereocenters. The third-order valence-electron chi connectivity index (χ3n) is 5.68. The first-order valence-corrected chi connectivity index (χ1v) is 9.74. The number of rotatable bonds is 2. The Bertz CT molecular complexity index is 933. The minimum Gasteiger partial charge on any atom is -0.274 e. The lowest BCUT2D eigenvalue weighted by Crippen LogP contribution is -2.44. The Kier molecular flexibility index (Phi) is 4.02. The molecule has 2 amide bonds. The van der Waals surface area contributed by atoms with Crippen LogP contribution in [0.4, 0.5) is 5.69 Å². The minimum atomic E-state index is -0.459. The summed E-state index contributed by atoms with van der Waals surface area (Å²) in [6.45, 7) is 1.63. The fourth-order valence-electron chi connectivity index (χ4n) is 4.64. The van der Waals surface area contributed by atoms with Crippen molar-refractivity contribution in [2.45, 2.75) is 18.5 Å². The second-order valence-electron chi connectivity index (χ2n) is 7.14. The number of hydrogen-bond acceptors (Lipinski definition) is 4. The molecule has 3 heterocycles. The lowest BCUT2D eigenvalue weighted by molar-refractivity contribution is -0.126. The zero-order valence-electron chi connectivity index (χ0n) is 14.4. The molecule has 5 rings (SSSR count). The van der Waals surface area contributed by atoms with Crippen LogP contribution in [0.5, 0.6) is 0 Å². The lowest BCUT2D eigenvalue weighted by Gasteiger charge is -2.29. The van der Waals surface area contributed by atoms with E-state index in [0.29, 0.717) is 15.7 Å². The molecule has 0 aromatic heterocycles. The summed E-state index contributed by atoms with van der Waals surface area (Å²) < 4.78 is 0. The van der Waals surface area contributed by atoms with E-state index in [4.69, 9.17) is 23.2 Å². The number of halogens is 2. The van der Waals surface area contributed by atoms with Crippen molar-refractivity contribution in [1.82, 2.24) is 10.0 Å². The predicted octanol–water partition coefficient (Wildman–Crippen LogP) is 3.53. The van der Waals surface area contributed by atoms with Gasteiger partial charge in [-0.05, 0) is 42.3 Å². The average molecular weight is 402 g/mol. The Morgan fingerprint density at radius 2 is 1.52 bits per heavy atom. The molecule has 2 aromatic carbocycles. The van der Waals surface area contributed by atoms with Crippen molar-refractivity contribution < 1.29 is 9.59 Å². The number of fused-ring (bicyclic) bond motifs is 3. The van der Waals surface area contributed by atoms with E-state index in [1.54, 1.807) is 24.3 Å². The molecule has 27 heavy (non-hydrogen) atoms. The first-order valence-electron chi connectivity index (χ1n) is 8.98. The molecule has 0 bridgehead atoms. The summed E-state index contributed by atoms with van der Waals surface area (Å²) in [4.78, 5) is 27.9. The summed E-state index contributed by atoms with van der Waals surface area (Å²) in [6.07, 6.45) is 0.978. The first-order chi connectivity index (χ1) is 13.1. The molecule has 0 saturated carbocycles. The van der Waals surface area contributed by atoms with Gasteiger partial charge in [-0.3, -0.25) is 9.59 Å². The molecule has 0 aliphatic carbocycles. The number of carbonyl (C=O) groups excluding carboxylic acids is 2. The standard InChI is InChI=1S/C20H17Cl2N3O2/c21-13-7-5-12(6-8-13)17-16-18(24-10-2-9-23(17)24)20(27)25(19(16)26)15-4-1-3-14(22)11-15/h1,3-8,11,16-18H,2,9-10H2/t16-,17-,18+/m0/s1. The van der Waals surface area contributed by atoms with Gasteiger partial charge in [-0.15, -0.1) is 0 Å². The van der Waals surface area contributed by atoms with E-state index in [-0.39, 0.29) is 17.9 Å². The highest BCUT2D eigenvalue weighted by molar-refractivity contribution is 6.31. The van der Waals surface area contributed by atoms with Gasteiger partial charge in [-0.2, -0.15) is 0 Å². The fourth-order valence-corrected chi connectivity index (χ4v) is 4.95. The molecule has 2 aromatic rings. The van der Waals surface area contributed by atoms with Crippen LogP contribution in [0.2, 0.25) is 10.0 Å². The Morgan fingerprint density at radius 1 is 0.815 bits per heavy atom. The minimum absolute atomic E-state index is 0.157. The van der Waals surface area contributed by atoms with Gasteiger partial charge in [0, 0.05) is 23.1 Å². The van der Waals surface area contributed by atoms with E-state index < -0.39 is 12.0 Å². The molecule has 3 saturated heterocycles. The number of benzene rings is 2. The normalized spacial score (nSPS) is 28.1. The maximum absolute atomic E-state index is 13.4. The van der Waals surface area contributed by atoms with Crippen molar-refractivity contribution in [3.05, 3.63) is 64.1 Å². The molecule has 3 fully saturated rings. The Labute approximate surface area is 167 Å². The summed E-state index contributed by atoms with van der Waals surface area (Å²) in [6, 6.07) is 13.9. The molecule has 0 radical (unpaired) electrons. The number of hydrogen-bond donors (Lipinski definition) is 0. The summed E-state index contributed by atoms with van der Waals surface area (Å²) in [7, 11) is 0. The molecular weight excluding hydrogens is 385 g/mol. The largest absolute Gasteiger partial charge is 0.274 e. The van der Waals surface area contributed by atoms with Crippen LogP contribution >= 0.6 is 23.2 Å². The Morgan fingerprint density at radius 3 is 2.22 bits per heavy atom. The predicted molar refractivity (Wildman–Crippen MR) is 103 cm³/mol. The van der Waals surface area contributed by atoms with Crippen LogP contribution in [0.25, 0.3) is 0 Å². The molecule has 3 aliphatic rings. The molecular formula is C20H17Cl2N3O2. The third-order valence-corrected chi connectivity index (χ3v) is 6.17. The molecule has 0 spiro atoms. The number of anilines is 1. The summed E-state index contributed by atoms with van der Waals surface area (Å²) in [5.74, 6) is -0.768. The van der Waals surface area contributed by atoms with E-state index in [1.165, 1.54) is 4.90 Å². The number of amides is 2. The average Bonchev–Trinajstić information content (AvgIpc) is 3.28. The second kappa shape index (κ2) is 6.31. The zero-order chi connectivity index (χ0) is 18.7. The van der Waals surface area contributed by atoms with Gasteiger partial charge in [0.2, 0.25) is 5.91 Å². The quantitative estimate of drug-likeness (QED) is 0.721. The van der Waals surface area contributed by atoms with Crippen molar-refractivity contribution in [3.8, 4) is 0 Å². The van der Waals surface area contributed by atoms with Crippen LogP contribution in [0.3, 0.4) is 0 Å². The van der Waals surface area contributed by atoms with Gasteiger partial charge >= 0.3 is 0 Å². The van der Waals surface area contributed by atoms with Gasteiger partial charge in [0.05, 0.1) is 17.6 Å². The molecule has 0 N–H and O–H groups in total. The summed E-state index contributed by atoms with van der Waals surface area (Å²) in [5, 5.41) is 5.42. The SMILES string of the molecule is O=C1[C@@H]2[C@H](C(=O)N1c1cccc(Cl)c1)N1CCCN1[C@H]2c1ccc(Cl)cc1. The monoisotopic (exact) mass is 401 g/mol. The fraction of sp³-hybridized carbons (Fsp3) is 0.300. The van der Waals surface area contributed by atoms with Gasteiger partial charge in [0.25, 0.3) is 5.91 Å². The zero-order valence-corrected chi connectivity index (χ0v) is 15.9. The lowest BCUT2D eigenvalue weighted by atomic mass is 9.90. The highest BCUT2D eigenvalue weighted by atomic mass is 35.5. The van der Waals surface area contributed by atoms with E-state index in [0.717, 1.165) is 25.1 Å². The topological polar surface area (TPSA) is 43.9 Å². The maximum Gasteiger partial charge on any atom is 0.253 e. The van der Waals surface area contributed by atoms with Crippen LogP contribution in [-0.4, -0.2) is 41.0 Å². The van der Waals surface area contributed by atoms with Crippen LogP contribution in [-0.2, 0) is 9.59 Å². The summed E-state index contributed by atoms with van der Waals surface area (Å²) >= 11 is 12.1. The third kappa shape index (κ3) is 2.53. The maximum atomic E-state index is 13.4. The number of carbonyl (C=O) groups is 2. The molecule has 3 aliphatic heterocycles. The van der Waals surface area contributed by atoms with Crippen molar-refractivity contribution in [1.29, 1.82) is 0 Å². The van der Waals surface area contributed by atoms with Crippen molar-refractivity contribution in [2.24, 2.45) is 5.92 Å². The van der Waals surface area contributed by atoms with E-state index in [9.17, 15) is 9.59 Å². The molecule has 0 unspecified atom stereocenters. The van der Waals surface area contributed by atoms with E-state index in [2.05, 4.69) is 10.0 Å². The van der Waals surface area contributed by atoms with Crippen molar-refractivity contribution in [3.63, 3.8) is 0 Å². The number of imide groups is 1. The molecule has 5 nitrogen and oxygen atoms in total. The Hall–Kier alpha value is -1.92. The highest BCUT2D eigenvalue weighted by Gasteiger charge is 2.62. The van der Waals surface area contributed by atoms with Gasteiger partial charge in [0.15, 0.2) is 0 Å². The molecule has 7 heteroatoms. The van der Waals surface area contributed by atoms with E-state index in [1.807, 2.05) is 24.3 Å². The Balaban J connectivity index is 1.59. The first kappa shape index (κ1) is 17.2. The van der Waals surface area contributed by atoms with Crippen LogP contribution in [0.15, 0.2) is 48.5 Å². The highest BCUT2D eigenvalue weighted by Crippen LogP contribution is 2.49. The van der Waals surface area contributed by atoms with E-state index >= 15 is 0 Å². The summed E-state index contributed by atoms with van der Waals surface area (Å²) in [5.41, 5.74) is 1.54. The van der Waals surface area contributed by atoms with Gasteiger partial charge < -0.3 is 0 Å². The van der Waals surface area contributed by atoms with Crippen molar-refractivity contribution >= 4 is 40.7 Å². The molecule has 138 valence electrons. The van der Waals surface area contributed by atoms with Crippen LogP contribution in [0.1, 0.15) is 18.0 Å². The van der Waals surface area contributed by atoms with Gasteiger partial charge in [-0.25, -0.2) is 14.9 Å². The smallest absolute Gasteiger partial charge is 0.253 e. The second-order valence-corrected chi connectivity index (χ2v) is 8.01. The van der Waals surface area contributed by atoms with Crippen LogP contribution < -0.4 is 4.90 Å². The van der Waals surface area contributed by atoms with Gasteiger partial charge in [0.1, 0.15) is 6.04 Å². The van der Waals surface area contributed by atoms with Crippen LogP contribution in [0, 0.1) is 5.92 Å². The number of hydrazine groups is 1. The van der Waals surface area contributed by atoms with Crippen molar-refractivity contribution in [2.75, 3.05) is 18.0 Å². The number of nitrogens with zero attached hydrogens (tertiary/aromatic N) is 3.